The molecule has 0 bridgehead atoms. The average molecular weight is 307 g/mol. The summed E-state index contributed by atoms with van der Waals surface area (Å²) in [6, 6.07) is 18.3. The van der Waals surface area contributed by atoms with E-state index in [2.05, 4.69) is 10.5 Å². The Morgan fingerprint density at radius 1 is 1.09 bits per heavy atom. The fourth-order valence-electron chi connectivity index (χ4n) is 2.80. The van der Waals surface area contributed by atoms with Gasteiger partial charge in [-0.2, -0.15) is 5.10 Å². The monoisotopic (exact) mass is 307 g/mol. The third-order valence-electron chi connectivity index (χ3n) is 3.84. The highest BCUT2D eigenvalue weighted by atomic mass is 16.3. The summed E-state index contributed by atoms with van der Waals surface area (Å²) in [5, 5.41) is 15.3. The van der Waals surface area contributed by atoms with Crippen LogP contribution < -0.4 is 11.2 Å². The molecular formula is C18H17N3O2. The third kappa shape index (κ3) is 3.00. The summed E-state index contributed by atoms with van der Waals surface area (Å²) in [6.45, 7) is 0. The van der Waals surface area contributed by atoms with Crippen molar-refractivity contribution in [1.82, 2.24) is 5.43 Å². The van der Waals surface area contributed by atoms with Crippen molar-refractivity contribution in [2.45, 2.75) is 12.0 Å². The number of benzene rings is 2. The van der Waals surface area contributed by atoms with Crippen molar-refractivity contribution in [3.63, 3.8) is 0 Å². The molecule has 1 aliphatic carbocycles. The van der Waals surface area contributed by atoms with Gasteiger partial charge in [0.15, 0.2) is 0 Å². The second kappa shape index (κ2) is 6.06. The van der Waals surface area contributed by atoms with Gasteiger partial charge in [-0.3, -0.25) is 0 Å². The van der Waals surface area contributed by atoms with Gasteiger partial charge in [0.1, 0.15) is 5.60 Å². The number of nitrogens with one attached hydrogen (secondary N) is 1. The van der Waals surface area contributed by atoms with Crippen LogP contribution in [0.2, 0.25) is 0 Å². The fraction of sp³-hybridized carbons (Fsp3) is 0.111. The molecule has 0 radical (unpaired) electrons. The molecule has 0 fully saturated rings. The summed E-state index contributed by atoms with van der Waals surface area (Å²) in [4.78, 5) is 10.9. The Hall–Kier alpha value is -2.92. The maximum atomic E-state index is 11.3. The molecular weight excluding hydrogens is 290 g/mol. The number of primary amides is 1. The van der Waals surface area contributed by atoms with Gasteiger partial charge in [0.25, 0.3) is 0 Å². The van der Waals surface area contributed by atoms with E-state index in [-0.39, 0.29) is 6.42 Å². The van der Waals surface area contributed by atoms with Crippen LogP contribution in [0.4, 0.5) is 4.79 Å². The summed E-state index contributed by atoms with van der Waals surface area (Å²) in [7, 11) is 0. The van der Waals surface area contributed by atoms with Crippen molar-refractivity contribution in [1.29, 1.82) is 0 Å². The van der Waals surface area contributed by atoms with Crippen LogP contribution in [0.25, 0.3) is 5.57 Å². The zero-order valence-corrected chi connectivity index (χ0v) is 12.4. The number of urea groups is 1. The van der Waals surface area contributed by atoms with Crippen LogP contribution in [0.3, 0.4) is 0 Å². The molecule has 0 unspecified atom stereocenters. The highest BCUT2D eigenvalue weighted by Gasteiger charge is 2.40. The van der Waals surface area contributed by atoms with E-state index in [1.807, 2.05) is 60.7 Å². The molecule has 2 aromatic rings. The Morgan fingerprint density at radius 2 is 1.70 bits per heavy atom. The number of hydrazone groups is 1. The largest absolute Gasteiger partial charge is 0.380 e. The molecule has 0 spiro atoms. The molecule has 0 aliphatic heterocycles. The topological polar surface area (TPSA) is 87.7 Å². The summed E-state index contributed by atoms with van der Waals surface area (Å²) < 4.78 is 0. The predicted molar refractivity (Wildman–Crippen MR) is 89.5 cm³/mol. The van der Waals surface area contributed by atoms with Crippen molar-refractivity contribution in [2.24, 2.45) is 10.8 Å². The molecule has 5 heteroatoms. The molecule has 0 aromatic heterocycles. The quantitative estimate of drug-likeness (QED) is 0.760. The van der Waals surface area contributed by atoms with Crippen molar-refractivity contribution >= 4 is 17.3 Å². The Morgan fingerprint density at radius 3 is 2.30 bits per heavy atom. The van der Waals surface area contributed by atoms with Crippen molar-refractivity contribution in [3.05, 3.63) is 77.9 Å². The smallest absolute Gasteiger partial charge is 0.332 e. The number of carbonyl (C=O) groups is 1. The number of nitrogens with zero attached hydrogens (tertiary/aromatic N) is 1. The molecule has 1 aliphatic rings. The maximum absolute atomic E-state index is 11.3. The van der Waals surface area contributed by atoms with Crippen LogP contribution in [0, 0.1) is 0 Å². The van der Waals surface area contributed by atoms with Crippen LogP contribution in [0.5, 0.6) is 0 Å². The summed E-state index contributed by atoms with van der Waals surface area (Å²) >= 11 is 0. The molecule has 0 saturated heterocycles. The van der Waals surface area contributed by atoms with E-state index in [9.17, 15) is 9.90 Å². The second-order valence-electron chi connectivity index (χ2n) is 5.41. The van der Waals surface area contributed by atoms with Gasteiger partial charge in [0, 0.05) is 6.42 Å². The van der Waals surface area contributed by atoms with Gasteiger partial charge in [-0.15, -0.1) is 0 Å². The van der Waals surface area contributed by atoms with E-state index in [1.165, 1.54) is 0 Å². The van der Waals surface area contributed by atoms with Gasteiger partial charge >= 0.3 is 6.03 Å². The first-order chi connectivity index (χ1) is 11.1. The first-order valence-corrected chi connectivity index (χ1v) is 7.27. The van der Waals surface area contributed by atoms with Crippen LogP contribution >= 0.6 is 0 Å². The number of hydrogen-bond acceptors (Lipinski definition) is 3. The minimum absolute atomic E-state index is 0.265. The molecule has 2 amide bonds. The van der Waals surface area contributed by atoms with E-state index in [4.69, 9.17) is 5.73 Å². The van der Waals surface area contributed by atoms with E-state index in [0.717, 1.165) is 16.7 Å². The minimum atomic E-state index is -1.19. The van der Waals surface area contributed by atoms with Crippen LogP contribution in [0.1, 0.15) is 17.5 Å². The number of allylic oxidation sites excluding steroid dienone is 1. The first kappa shape index (κ1) is 15.0. The van der Waals surface area contributed by atoms with Crippen LogP contribution in [0.15, 0.2) is 71.8 Å². The highest BCUT2D eigenvalue weighted by molar-refractivity contribution is 6.08. The Balaban J connectivity index is 2.07. The standard InChI is InChI=1S/C18H17N3O2/c19-17(22)21-20-15-11-16(13-7-3-1-4-8-13)18(23,12-15)14-9-5-2-6-10-14/h1-11,23H,12H2,(H3,19,21,22)/t18-/m0/s1. The maximum Gasteiger partial charge on any atom is 0.332 e. The molecule has 3 rings (SSSR count). The summed E-state index contributed by atoms with van der Waals surface area (Å²) in [5.41, 5.74) is 9.07. The Kier molecular flexibility index (Phi) is 3.95. The zero-order chi connectivity index (χ0) is 16.3. The lowest BCUT2D eigenvalue weighted by Crippen LogP contribution is -2.27. The van der Waals surface area contributed by atoms with E-state index in [1.54, 1.807) is 6.08 Å². The van der Waals surface area contributed by atoms with Gasteiger partial charge in [-0.25, -0.2) is 10.2 Å². The summed E-state index contributed by atoms with van der Waals surface area (Å²) in [5.74, 6) is 0. The summed E-state index contributed by atoms with van der Waals surface area (Å²) in [6.07, 6.45) is 2.06. The van der Waals surface area contributed by atoms with Gasteiger partial charge in [0.05, 0.1) is 5.71 Å². The molecule has 4 N–H and O–H groups in total. The van der Waals surface area contributed by atoms with Crippen molar-refractivity contribution < 1.29 is 9.90 Å². The Bertz CT molecular complexity index is 769. The predicted octanol–water partition coefficient (Wildman–Crippen LogP) is 2.39. The van der Waals surface area contributed by atoms with E-state index >= 15 is 0 Å². The van der Waals surface area contributed by atoms with Gasteiger partial charge in [-0.1, -0.05) is 60.7 Å². The number of rotatable bonds is 3. The van der Waals surface area contributed by atoms with E-state index in [0.29, 0.717) is 5.71 Å². The zero-order valence-electron chi connectivity index (χ0n) is 12.4. The molecule has 5 nitrogen and oxygen atoms in total. The molecule has 0 saturated carbocycles. The lowest BCUT2D eigenvalue weighted by molar-refractivity contribution is 0.113. The highest BCUT2D eigenvalue weighted by Crippen LogP contribution is 2.43. The first-order valence-electron chi connectivity index (χ1n) is 7.27. The minimum Gasteiger partial charge on any atom is -0.380 e. The molecule has 1 atom stereocenters. The number of hydrogen-bond donors (Lipinski definition) is 3. The van der Waals surface area contributed by atoms with Crippen LogP contribution in [-0.4, -0.2) is 16.8 Å². The number of nitrogens with two attached hydrogens (primary N) is 1. The van der Waals surface area contributed by atoms with Crippen LogP contribution in [-0.2, 0) is 5.60 Å². The van der Waals surface area contributed by atoms with Gasteiger partial charge < -0.3 is 10.8 Å². The van der Waals surface area contributed by atoms with Gasteiger partial charge in [-0.05, 0) is 22.8 Å². The van der Waals surface area contributed by atoms with Crippen molar-refractivity contribution in [2.75, 3.05) is 0 Å². The number of amides is 2. The SMILES string of the molecule is NC(=O)NN=C1C=C(c2ccccc2)[C@@](O)(c2ccccc2)C1. The second-order valence-corrected chi connectivity index (χ2v) is 5.41. The molecule has 116 valence electrons. The molecule has 23 heavy (non-hydrogen) atoms. The van der Waals surface area contributed by atoms with Gasteiger partial charge in [0.2, 0.25) is 0 Å². The lowest BCUT2D eigenvalue weighted by Gasteiger charge is -2.27. The fourth-order valence-corrected chi connectivity index (χ4v) is 2.80. The number of aliphatic hydroxyl groups is 1. The molecule has 0 heterocycles. The van der Waals surface area contributed by atoms with E-state index < -0.39 is 11.6 Å². The Labute approximate surface area is 134 Å². The lowest BCUT2D eigenvalue weighted by atomic mass is 9.84. The van der Waals surface area contributed by atoms with Crippen molar-refractivity contribution in [3.8, 4) is 0 Å². The molecule has 2 aromatic carbocycles. The third-order valence-corrected chi connectivity index (χ3v) is 3.84. The normalized spacial score (nSPS) is 22.0. The average Bonchev–Trinajstić information content (AvgIpc) is 2.93. The number of carbonyl (C=O) groups excluding carboxylic acids is 1.